The second-order valence-electron chi connectivity index (χ2n) is 7.13. The molecule has 0 atom stereocenters. The summed E-state index contributed by atoms with van der Waals surface area (Å²) in [6, 6.07) is 12.8. The SMILES string of the molecule is CON(C)S(=O)(=O)c1ccc(C(=O)NCc2cccc(NC(=O)N3CCCC3)c2)cc1. The molecule has 0 aliphatic carbocycles. The Hall–Kier alpha value is -2.95. The summed E-state index contributed by atoms with van der Waals surface area (Å²) in [6.07, 6.45) is 2.05. The van der Waals surface area contributed by atoms with Crippen molar-refractivity contribution in [3.8, 4) is 0 Å². The lowest BCUT2D eigenvalue weighted by atomic mass is 10.1. The van der Waals surface area contributed by atoms with Gasteiger partial charge in [-0.2, -0.15) is 0 Å². The van der Waals surface area contributed by atoms with E-state index in [4.69, 9.17) is 4.84 Å². The third-order valence-corrected chi connectivity index (χ3v) is 6.73. The Bertz CT molecular complexity index is 1030. The predicted octanol–water partition coefficient (Wildman–Crippen LogP) is 2.43. The Morgan fingerprint density at radius 1 is 1.10 bits per heavy atom. The van der Waals surface area contributed by atoms with Gasteiger partial charge in [0.05, 0.1) is 12.0 Å². The van der Waals surface area contributed by atoms with Crippen molar-refractivity contribution in [3.63, 3.8) is 0 Å². The van der Waals surface area contributed by atoms with Crippen LogP contribution in [0, 0.1) is 0 Å². The van der Waals surface area contributed by atoms with Crippen LogP contribution in [0.3, 0.4) is 0 Å². The quantitative estimate of drug-likeness (QED) is 0.635. The van der Waals surface area contributed by atoms with Gasteiger partial charge < -0.3 is 15.5 Å². The maximum absolute atomic E-state index is 12.4. The van der Waals surface area contributed by atoms with E-state index in [9.17, 15) is 18.0 Å². The summed E-state index contributed by atoms with van der Waals surface area (Å²) in [5.41, 5.74) is 1.83. The highest BCUT2D eigenvalue weighted by Crippen LogP contribution is 2.16. The molecule has 3 rings (SSSR count). The Morgan fingerprint density at radius 3 is 2.42 bits per heavy atom. The van der Waals surface area contributed by atoms with Crippen LogP contribution in [0.5, 0.6) is 0 Å². The molecule has 10 heteroatoms. The molecule has 0 saturated carbocycles. The molecule has 3 amide bonds. The van der Waals surface area contributed by atoms with E-state index >= 15 is 0 Å². The fourth-order valence-corrected chi connectivity index (χ4v) is 4.16. The fourth-order valence-electron chi connectivity index (χ4n) is 3.19. The van der Waals surface area contributed by atoms with Crippen LogP contribution in [-0.4, -0.2) is 57.0 Å². The van der Waals surface area contributed by atoms with Gasteiger partial charge in [-0.1, -0.05) is 16.6 Å². The summed E-state index contributed by atoms with van der Waals surface area (Å²) in [7, 11) is -1.22. The zero-order valence-electron chi connectivity index (χ0n) is 17.5. The number of rotatable bonds is 7. The maximum atomic E-state index is 12.4. The third-order valence-electron chi connectivity index (χ3n) is 5.03. The molecule has 1 aliphatic rings. The number of anilines is 1. The molecule has 31 heavy (non-hydrogen) atoms. The standard InChI is InChI=1S/C21H26N4O5S/c1-24(30-2)31(28,29)19-10-8-17(9-11-19)20(26)22-15-16-6-5-7-18(14-16)23-21(27)25-12-3-4-13-25/h5-11,14H,3-4,12-13,15H2,1-2H3,(H,22,26)(H,23,27). The van der Waals surface area contributed by atoms with Crippen molar-refractivity contribution >= 4 is 27.6 Å². The van der Waals surface area contributed by atoms with Gasteiger partial charge in [-0.3, -0.25) is 9.63 Å². The van der Waals surface area contributed by atoms with E-state index in [1.807, 2.05) is 18.2 Å². The van der Waals surface area contributed by atoms with E-state index in [-0.39, 0.29) is 23.4 Å². The van der Waals surface area contributed by atoms with E-state index in [1.54, 1.807) is 11.0 Å². The monoisotopic (exact) mass is 446 g/mol. The highest BCUT2D eigenvalue weighted by Gasteiger charge is 2.21. The van der Waals surface area contributed by atoms with E-state index in [0.717, 1.165) is 36.0 Å². The molecule has 166 valence electrons. The summed E-state index contributed by atoms with van der Waals surface area (Å²) >= 11 is 0. The van der Waals surface area contributed by atoms with Gasteiger partial charge in [0.1, 0.15) is 0 Å². The van der Waals surface area contributed by atoms with Crippen LogP contribution in [0.2, 0.25) is 0 Å². The second-order valence-corrected chi connectivity index (χ2v) is 9.06. The summed E-state index contributed by atoms with van der Waals surface area (Å²) in [4.78, 5) is 31.2. The van der Waals surface area contributed by atoms with Crippen LogP contribution in [0.4, 0.5) is 10.5 Å². The number of carbonyl (C=O) groups is 2. The van der Waals surface area contributed by atoms with Crippen molar-refractivity contribution < 1.29 is 22.8 Å². The average molecular weight is 447 g/mol. The van der Waals surface area contributed by atoms with Crippen molar-refractivity contribution in [2.45, 2.75) is 24.3 Å². The molecule has 1 heterocycles. The summed E-state index contributed by atoms with van der Waals surface area (Å²) in [5.74, 6) is -0.337. The number of hydrogen-bond acceptors (Lipinski definition) is 5. The number of benzene rings is 2. The number of hydroxylamine groups is 1. The first kappa shape index (κ1) is 22.7. The normalized spacial score (nSPS) is 14.0. The van der Waals surface area contributed by atoms with Gasteiger partial charge in [0.15, 0.2) is 0 Å². The summed E-state index contributed by atoms with van der Waals surface area (Å²) in [5, 5.41) is 5.68. The first-order chi connectivity index (χ1) is 14.8. The van der Waals surface area contributed by atoms with Gasteiger partial charge in [-0.25, -0.2) is 13.2 Å². The van der Waals surface area contributed by atoms with Gasteiger partial charge in [-0.15, -0.1) is 0 Å². The number of likely N-dealkylation sites (tertiary alicyclic amines) is 1. The number of hydrogen-bond donors (Lipinski definition) is 2. The second kappa shape index (κ2) is 9.90. The van der Waals surface area contributed by atoms with Crippen molar-refractivity contribution in [3.05, 3.63) is 59.7 Å². The molecular weight excluding hydrogens is 420 g/mol. The predicted molar refractivity (Wildman–Crippen MR) is 116 cm³/mol. The van der Waals surface area contributed by atoms with E-state index in [1.165, 1.54) is 38.4 Å². The van der Waals surface area contributed by atoms with Gasteiger partial charge in [-0.05, 0) is 54.8 Å². The number of sulfonamides is 1. The molecule has 9 nitrogen and oxygen atoms in total. The summed E-state index contributed by atoms with van der Waals surface area (Å²) in [6.45, 7) is 1.80. The number of amides is 3. The van der Waals surface area contributed by atoms with Gasteiger partial charge in [0.25, 0.3) is 15.9 Å². The Balaban J connectivity index is 1.58. The average Bonchev–Trinajstić information content (AvgIpc) is 3.32. The molecule has 1 aliphatic heterocycles. The number of carbonyl (C=O) groups excluding carboxylic acids is 2. The van der Waals surface area contributed by atoms with Crippen molar-refractivity contribution in [2.24, 2.45) is 0 Å². The molecule has 2 N–H and O–H groups in total. The first-order valence-electron chi connectivity index (χ1n) is 9.87. The Kier molecular flexibility index (Phi) is 7.26. The molecule has 0 radical (unpaired) electrons. The van der Waals surface area contributed by atoms with Crippen molar-refractivity contribution in [1.29, 1.82) is 0 Å². The molecule has 2 aromatic carbocycles. The number of nitrogens with zero attached hydrogens (tertiary/aromatic N) is 2. The largest absolute Gasteiger partial charge is 0.348 e. The minimum absolute atomic E-state index is 0.0230. The van der Waals surface area contributed by atoms with Gasteiger partial charge in [0, 0.05) is 37.9 Å². The van der Waals surface area contributed by atoms with Crippen LogP contribution >= 0.6 is 0 Å². The molecule has 0 unspecified atom stereocenters. The molecular formula is C21H26N4O5S. The van der Waals surface area contributed by atoms with Crippen LogP contribution < -0.4 is 10.6 Å². The van der Waals surface area contributed by atoms with E-state index in [2.05, 4.69) is 10.6 Å². The molecule has 0 spiro atoms. The molecule has 1 fully saturated rings. The highest BCUT2D eigenvalue weighted by atomic mass is 32.2. The zero-order valence-corrected chi connectivity index (χ0v) is 18.3. The third kappa shape index (κ3) is 5.60. The molecule has 0 aromatic heterocycles. The maximum Gasteiger partial charge on any atom is 0.321 e. The molecule has 2 aromatic rings. The topological polar surface area (TPSA) is 108 Å². The minimum atomic E-state index is -3.77. The van der Waals surface area contributed by atoms with Crippen LogP contribution in [0.25, 0.3) is 0 Å². The van der Waals surface area contributed by atoms with Crippen molar-refractivity contribution in [2.75, 3.05) is 32.6 Å². The van der Waals surface area contributed by atoms with Crippen molar-refractivity contribution in [1.82, 2.24) is 14.7 Å². The van der Waals surface area contributed by atoms with Gasteiger partial charge in [0.2, 0.25) is 0 Å². The minimum Gasteiger partial charge on any atom is -0.348 e. The van der Waals surface area contributed by atoms with E-state index < -0.39 is 10.0 Å². The number of nitrogens with one attached hydrogen (secondary N) is 2. The van der Waals surface area contributed by atoms with Gasteiger partial charge >= 0.3 is 6.03 Å². The zero-order chi connectivity index (χ0) is 22.4. The highest BCUT2D eigenvalue weighted by molar-refractivity contribution is 7.89. The summed E-state index contributed by atoms with van der Waals surface area (Å²) < 4.78 is 25.2. The smallest absolute Gasteiger partial charge is 0.321 e. The Labute approximate surface area is 182 Å². The lowest BCUT2D eigenvalue weighted by Crippen LogP contribution is -2.32. The molecule has 1 saturated heterocycles. The van der Waals surface area contributed by atoms with Crippen LogP contribution in [0.15, 0.2) is 53.4 Å². The number of urea groups is 1. The van der Waals surface area contributed by atoms with Crippen LogP contribution in [-0.2, 0) is 21.4 Å². The lowest BCUT2D eigenvalue weighted by molar-refractivity contribution is -0.0258. The van der Waals surface area contributed by atoms with E-state index in [0.29, 0.717) is 11.3 Å². The first-order valence-corrected chi connectivity index (χ1v) is 11.3. The lowest BCUT2D eigenvalue weighted by Gasteiger charge is -2.16. The Morgan fingerprint density at radius 2 is 1.77 bits per heavy atom. The fraction of sp³-hybridized carbons (Fsp3) is 0.333. The molecule has 0 bridgehead atoms. The van der Waals surface area contributed by atoms with Crippen LogP contribution in [0.1, 0.15) is 28.8 Å².